The maximum absolute atomic E-state index is 11.2. The molecule has 26 heavy (non-hydrogen) atoms. The van der Waals surface area contributed by atoms with Crippen molar-refractivity contribution < 1.29 is 9.90 Å². The van der Waals surface area contributed by atoms with Gasteiger partial charge in [-0.1, -0.05) is 11.6 Å². The molecule has 4 aromatic rings. The van der Waals surface area contributed by atoms with Crippen LogP contribution in [-0.2, 0) is 6.42 Å². The number of nitrogens with one attached hydrogen (secondary N) is 1. The molecule has 0 aliphatic rings. The minimum absolute atomic E-state index is 0.195. The first-order chi connectivity index (χ1) is 12.6. The Labute approximate surface area is 151 Å². The van der Waals surface area contributed by atoms with Gasteiger partial charge in [-0.15, -0.1) is 5.10 Å². The number of carbonyl (C=O) groups is 1. The fourth-order valence-electron chi connectivity index (χ4n) is 2.76. The summed E-state index contributed by atoms with van der Waals surface area (Å²) in [6.07, 6.45) is 3.49. The van der Waals surface area contributed by atoms with Crippen LogP contribution < -0.4 is 0 Å². The highest BCUT2D eigenvalue weighted by molar-refractivity contribution is 6.31. The standard InChI is InChI=1S/C17H11ClN6O2/c18-12-6-11-3-9(4-13-7-10(17(25)26)1-2-19-13)5-14(15(11)20-8-12)16-21-23-24-22-16/h1-3,5-8H,4H2,(H,25,26)(H,21,22,23,24). The van der Waals surface area contributed by atoms with Crippen molar-refractivity contribution in [3.63, 3.8) is 0 Å². The monoisotopic (exact) mass is 366 g/mol. The molecule has 0 atom stereocenters. The third kappa shape index (κ3) is 3.09. The average molecular weight is 367 g/mol. The lowest BCUT2D eigenvalue weighted by Gasteiger charge is -2.08. The first-order valence-corrected chi connectivity index (χ1v) is 7.98. The molecule has 3 heterocycles. The van der Waals surface area contributed by atoms with E-state index in [1.54, 1.807) is 12.3 Å². The summed E-state index contributed by atoms with van der Waals surface area (Å²) in [5, 5.41) is 24.4. The van der Waals surface area contributed by atoms with E-state index in [2.05, 4.69) is 30.6 Å². The van der Waals surface area contributed by atoms with E-state index < -0.39 is 5.97 Å². The van der Waals surface area contributed by atoms with Crippen LogP contribution >= 0.6 is 11.6 Å². The number of halogens is 1. The predicted molar refractivity (Wildman–Crippen MR) is 93.9 cm³/mol. The number of tetrazole rings is 1. The third-order valence-corrected chi connectivity index (χ3v) is 4.07. The van der Waals surface area contributed by atoms with Gasteiger partial charge in [-0.3, -0.25) is 9.97 Å². The minimum Gasteiger partial charge on any atom is -0.478 e. The Morgan fingerprint density at radius 1 is 1.19 bits per heavy atom. The van der Waals surface area contributed by atoms with Crippen molar-refractivity contribution in [3.8, 4) is 11.4 Å². The molecule has 0 saturated carbocycles. The van der Waals surface area contributed by atoms with Gasteiger partial charge in [0.2, 0.25) is 0 Å². The molecule has 2 N–H and O–H groups in total. The molecule has 3 aromatic heterocycles. The Kier molecular flexibility index (Phi) is 4.02. The topological polar surface area (TPSA) is 118 Å². The Balaban J connectivity index is 1.83. The molecular formula is C17H11ClN6O2. The number of hydrogen-bond donors (Lipinski definition) is 2. The lowest BCUT2D eigenvalue weighted by molar-refractivity contribution is 0.0696. The number of pyridine rings is 2. The zero-order valence-corrected chi connectivity index (χ0v) is 14.0. The van der Waals surface area contributed by atoms with Crippen LogP contribution in [0.1, 0.15) is 21.6 Å². The first-order valence-electron chi connectivity index (χ1n) is 7.60. The van der Waals surface area contributed by atoms with E-state index in [0.717, 1.165) is 16.5 Å². The molecule has 0 fully saturated rings. The number of rotatable bonds is 4. The van der Waals surface area contributed by atoms with E-state index in [1.165, 1.54) is 12.3 Å². The summed E-state index contributed by atoms with van der Waals surface area (Å²) < 4.78 is 0. The van der Waals surface area contributed by atoms with Gasteiger partial charge in [0.1, 0.15) is 0 Å². The second-order valence-corrected chi connectivity index (χ2v) is 6.07. The van der Waals surface area contributed by atoms with Gasteiger partial charge in [0.05, 0.1) is 16.1 Å². The van der Waals surface area contributed by atoms with Crippen molar-refractivity contribution >= 4 is 28.5 Å². The number of aromatic amines is 1. The van der Waals surface area contributed by atoms with Crippen molar-refractivity contribution in [2.75, 3.05) is 0 Å². The Hall–Kier alpha value is -3.39. The van der Waals surface area contributed by atoms with Crippen LogP contribution in [0.2, 0.25) is 5.02 Å². The Morgan fingerprint density at radius 2 is 2.08 bits per heavy atom. The summed E-state index contributed by atoms with van der Waals surface area (Å²) in [5.74, 6) is -0.504. The lowest BCUT2D eigenvalue weighted by Crippen LogP contribution is -2.00. The van der Waals surface area contributed by atoms with Gasteiger partial charge in [-0.25, -0.2) is 9.89 Å². The van der Waals surface area contributed by atoms with E-state index >= 15 is 0 Å². The number of nitrogens with zero attached hydrogens (tertiary/aromatic N) is 5. The van der Waals surface area contributed by atoms with Crippen molar-refractivity contribution in [1.82, 2.24) is 30.6 Å². The highest BCUT2D eigenvalue weighted by atomic mass is 35.5. The molecule has 1 aromatic carbocycles. The number of aromatic nitrogens is 6. The highest BCUT2D eigenvalue weighted by Crippen LogP contribution is 2.28. The molecule has 0 amide bonds. The fraction of sp³-hybridized carbons (Fsp3) is 0.0588. The van der Waals surface area contributed by atoms with Crippen LogP contribution in [-0.4, -0.2) is 41.7 Å². The average Bonchev–Trinajstić information content (AvgIpc) is 3.15. The summed E-state index contributed by atoms with van der Waals surface area (Å²) in [6.45, 7) is 0. The van der Waals surface area contributed by atoms with Crippen LogP contribution in [0.15, 0.2) is 42.7 Å². The number of carboxylic acids is 1. The lowest BCUT2D eigenvalue weighted by atomic mass is 10.0. The first kappa shape index (κ1) is 16.1. The molecule has 0 saturated heterocycles. The van der Waals surface area contributed by atoms with Gasteiger partial charge in [0, 0.05) is 35.5 Å². The number of benzene rings is 1. The molecule has 0 radical (unpaired) electrons. The van der Waals surface area contributed by atoms with Gasteiger partial charge in [-0.05, 0) is 46.3 Å². The molecular weight excluding hydrogens is 356 g/mol. The number of fused-ring (bicyclic) bond motifs is 1. The van der Waals surface area contributed by atoms with E-state index in [9.17, 15) is 4.79 Å². The second kappa shape index (κ2) is 6.49. The SMILES string of the molecule is O=C(O)c1ccnc(Cc2cc(-c3nnn[nH]3)c3ncc(Cl)cc3c2)c1. The van der Waals surface area contributed by atoms with Crippen LogP contribution in [0.3, 0.4) is 0 Å². The molecule has 0 unspecified atom stereocenters. The summed E-state index contributed by atoms with van der Waals surface area (Å²) in [5.41, 5.74) is 3.18. The summed E-state index contributed by atoms with van der Waals surface area (Å²) in [4.78, 5) is 19.8. The van der Waals surface area contributed by atoms with Gasteiger partial charge in [0.25, 0.3) is 0 Å². The molecule has 128 valence electrons. The molecule has 0 bridgehead atoms. The molecule has 4 rings (SSSR count). The number of aromatic carboxylic acids is 1. The van der Waals surface area contributed by atoms with Crippen molar-refractivity contribution in [2.24, 2.45) is 0 Å². The molecule has 9 heteroatoms. The van der Waals surface area contributed by atoms with Crippen LogP contribution in [0.4, 0.5) is 0 Å². The molecule has 0 spiro atoms. The van der Waals surface area contributed by atoms with E-state index in [0.29, 0.717) is 28.5 Å². The second-order valence-electron chi connectivity index (χ2n) is 5.64. The molecule has 0 aliphatic carbocycles. The van der Waals surface area contributed by atoms with Crippen molar-refractivity contribution in [1.29, 1.82) is 0 Å². The number of hydrogen-bond acceptors (Lipinski definition) is 6. The number of carboxylic acid groups (broad SMARTS) is 1. The fourth-order valence-corrected chi connectivity index (χ4v) is 2.92. The smallest absolute Gasteiger partial charge is 0.335 e. The maximum atomic E-state index is 11.2. The summed E-state index contributed by atoms with van der Waals surface area (Å²) >= 11 is 6.08. The van der Waals surface area contributed by atoms with Crippen LogP contribution in [0.25, 0.3) is 22.3 Å². The largest absolute Gasteiger partial charge is 0.478 e. The van der Waals surface area contributed by atoms with E-state index in [-0.39, 0.29) is 5.56 Å². The third-order valence-electron chi connectivity index (χ3n) is 3.86. The Morgan fingerprint density at radius 3 is 2.85 bits per heavy atom. The Bertz CT molecular complexity index is 1110. The number of H-pyrrole nitrogens is 1. The predicted octanol–water partition coefficient (Wildman–Crippen LogP) is 2.75. The maximum Gasteiger partial charge on any atom is 0.335 e. The van der Waals surface area contributed by atoms with Crippen molar-refractivity contribution in [3.05, 3.63) is 64.6 Å². The summed E-state index contributed by atoms with van der Waals surface area (Å²) in [6, 6.07) is 8.67. The highest BCUT2D eigenvalue weighted by Gasteiger charge is 2.13. The van der Waals surface area contributed by atoms with E-state index in [4.69, 9.17) is 16.7 Å². The molecule has 0 aliphatic heterocycles. The zero-order chi connectivity index (χ0) is 18.1. The van der Waals surface area contributed by atoms with Gasteiger partial charge >= 0.3 is 5.97 Å². The quantitative estimate of drug-likeness (QED) is 0.570. The van der Waals surface area contributed by atoms with E-state index in [1.807, 2.05) is 18.2 Å². The minimum atomic E-state index is -0.989. The van der Waals surface area contributed by atoms with Crippen LogP contribution in [0, 0.1) is 0 Å². The molecule has 8 nitrogen and oxygen atoms in total. The van der Waals surface area contributed by atoms with Gasteiger partial charge < -0.3 is 5.11 Å². The zero-order valence-electron chi connectivity index (χ0n) is 13.2. The van der Waals surface area contributed by atoms with Crippen LogP contribution in [0.5, 0.6) is 0 Å². The van der Waals surface area contributed by atoms with Crippen molar-refractivity contribution in [2.45, 2.75) is 6.42 Å². The normalized spacial score (nSPS) is 11.0. The van der Waals surface area contributed by atoms with Gasteiger partial charge in [-0.2, -0.15) is 0 Å². The summed E-state index contributed by atoms with van der Waals surface area (Å²) in [7, 11) is 0. The van der Waals surface area contributed by atoms with Gasteiger partial charge in [0.15, 0.2) is 5.82 Å².